The van der Waals surface area contributed by atoms with Crippen molar-refractivity contribution >= 4 is 0 Å². The second kappa shape index (κ2) is 6.91. The van der Waals surface area contributed by atoms with E-state index in [4.69, 9.17) is 0 Å². The van der Waals surface area contributed by atoms with Crippen LogP contribution in [0.4, 0.5) is 0 Å². The zero-order valence-corrected chi connectivity index (χ0v) is 12.6. The van der Waals surface area contributed by atoms with Gasteiger partial charge in [0.05, 0.1) is 0 Å². The highest BCUT2D eigenvalue weighted by molar-refractivity contribution is 4.84. The minimum absolute atomic E-state index is 0.859. The zero-order valence-electron chi connectivity index (χ0n) is 12.6. The molecule has 2 unspecified atom stereocenters. The van der Waals surface area contributed by atoms with E-state index in [-0.39, 0.29) is 0 Å². The lowest BCUT2D eigenvalue weighted by molar-refractivity contribution is 0.100. The Bertz CT molecular complexity index is 231. The highest BCUT2D eigenvalue weighted by Crippen LogP contribution is 2.28. The number of hydrogen-bond donors (Lipinski definition) is 1. The van der Waals surface area contributed by atoms with E-state index in [1.54, 1.807) is 0 Å². The SMILES string of the molecule is CCC1CNCCC(N2CCC(C(C)C)CC2)C1. The molecule has 106 valence electrons. The first-order valence-corrected chi connectivity index (χ1v) is 8.15. The maximum Gasteiger partial charge on any atom is 0.0110 e. The summed E-state index contributed by atoms with van der Waals surface area (Å²) in [5.41, 5.74) is 0. The zero-order chi connectivity index (χ0) is 13.0. The Morgan fingerprint density at radius 3 is 2.50 bits per heavy atom. The maximum absolute atomic E-state index is 3.62. The number of rotatable bonds is 3. The van der Waals surface area contributed by atoms with Gasteiger partial charge >= 0.3 is 0 Å². The summed E-state index contributed by atoms with van der Waals surface area (Å²) in [6.45, 7) is 12.3. The van der Waals surface area contributed by atoms with Gasteiger partial charge in [0.1, 0.15) is 0 Å². The predicted octanol–water partition coefficient (Wildman–Crippen LogP) is 3.13. The van der Waals surface area contributed by atoms with Crippen molar-refractivity contribution < 1.29 is 0 Å². The van der Waals surface area contributed by atoms with E-state index >= 15 is 0 Å². The van der Waals surface area contributed by atoms with Gasteiger partial charge in [-0.15, -0.1) is 0 Å². The topological polar surface area (TPSA) is 15.3 Å². The summed E-state index contributed by atoms with van der Waals surface area (Å²) in [4.78, 5) is 2.80. The molecule has 0 amide bonds. The van der Waals surface area contributed by atoms with E-state index in [0.717, 1.165) is 23.8 Å². The van der Waals surface area contributed by atoms with Crippen LogP contribution in [0.25, 0.3) is 0 Å². The number of likely N-dealkylation sites (tertiary alicyclic amines) is 1. The fourth-order valence-corrected chi connectivity index (χ4v) is 3.75. The third kappa shape index (κ3) is 3.71. The molecule has 2 heterocycles. The molecule has 2 aliphatic heterocycles. The molecule has 2 rings (SSSR count). The third-order valence-corrected chi connectivity index (χ3v) is 5.30. The molecule has 1 N–H and O–H groups in total. The van der Waals surface area contributed by atoms with Crippen LogP contribution in [0, 0.1) is 17.8 Å². The van der Waals surface area contributed by atoms with Crippen molar-refractivity contribution in [3.63, 3.8) is 0 Å². The van der Waals surface area contributed by atoms with Gasteiger partial charge in [0.25, 0.3) is 0 Å². The molecule has 2 aliphatic rings. The summed E-state index contributed by atoms with van der Waals surface area (Å²) >= 11 is 0. The lowest BCUT2D eigenvalue weighted by atomic mass is 9.85. The maximum atomic E-state index is 3.62. The molecule has 2 atom stereocenters. The largest absolute Gasteiger partial charge is 0.316 e. The summed E-state index contributed by atoms with van der Waals surface area (Å²) in [7, 11) is 0. The molecular weight excluding hydrogens is 220 g/mol. The standard InChI is InChI=1S/C16H32N2/c1-4-14-11-16(5-8-17-12-14)18-9-6-15(7-10-18)13(2)3/h13-17H,4-12H2,1-3H3. The molecular formula is C16H32N2. The Morgan fingerprint density at radius 1 is 1.17 bits per heavy atom. The number of nitrogens with one attached hydrogen (secondary N) is 1. The summed E-state index contributed by atoms with van der Waals surface area (Å²) in [5, 5.41) is 3.62. The Hall–Kier alpha value is -0.0800. The van der Waals surface area contributed by atoms with Crippen LogP contribution in [0.2, 0.25) is 0 Å². The molecule has 2 saturated heterocycles. The van der Waals surface area contributed by atoms with Crippen LogP contribution in [-0.2, 0) is 0 Å². The van der Waals surface area contributed by atoms with Gasteiger partial charge in [-0.1, -0.05) is 27.2 Å². The molecule has 0 spiro atoms. The summed E-state index contributed by atoms with van der Waals surface area (Å²) in [5.74, 6) is 2.76. The number of hydrogen-bond acceptors (Lipinski definition) is 2. The minimum Gasteiger partial charge on any atom is -0.316 e. The Morgan fingerprint density at radius 2 is 1.89 bits per heavy atom. The van der Waals surface area contributed by atoms with Gasteiger partial charge in [0.15, 0.2) is 0 Å². The smallest absolute Gasteiger partial charge is 0.0110 e. The highest BCUT2D eigenvalue weighted by atomic mass is 15.2. The first-order chi connectivity index (χ1) is 8.70. The summed E-state index contributed by atoms with van der Waals surface area (Å²) in [6.07, 6.45) is 6.99. The second-order valence-corrected chi connectivity index (χ2v) is 6.77. The van der Waals surface area contributed by atoms with Gasteiger partial charge in [0.2, 0.25) is 0 Å². The van der Waals surface area contributed by atoms with Gasteiger partial charge in [-0.05, 0) is 69.6 Å². The molecule has 0 radical (unpaired) electrons. The molecule has 2 fully saturated rings. The molecule has 0 aliphatic carbocycles. The average Bonchev–Trinajstić information content (AvgIpc) is 2.64. The summed E-state index contributed by atoms with van der Waals surface area (Å²) < 4.78 is 0. The third-order valence-electron chi connectivity index (χ3n) is 5.30. The first-order valence-electron chi connectivity index (χ1n) is 8.15. The molecule has 2 nitrogen and oxygen atoms in total. The van der Waals surface area contributed by atoms with E-state index in [2.05, 4.69) is 31.0 Å². The monoisotopic (exact) mass is 252 g/mol. The summed E-state index contributed by atoms with van der Waals surface area (Å²) in [6, 6.07) is 0.859. The molecule has 0 aromatic rings. The van der Waals surface area contributed by atoms with Crippen LogP contribution in [0.15, 0.2) is 0 Å². The fraction of sp³-hybridized carbons (Fsp3) is 1.00. The molecule has 0 saturated carbocycles. The minimum atomic E-state index is 0.859. The molecule has 0 aromatic heterocycles. The molecule has 18 heavy (non-hydrogen) atoms. The van der Waals surface area contributed by atoms with Crippen LogP contribution >= 0.6 is 0 Å². The Labute approximate surface area is 114 Å². The van der Waals surface area contributed by atoms with Crippen molar-refractivity contribution in [1.82, 2.24) is 10.2 Å². The lowest BCUT2D eigenvalue weighted by Gasteiger charge is -2.39. The van der Waals surface area contributed by atoms with Crippen molar-refractivity contribution in [2.24, 2.45) is 17.8 Å². The Balaban J connectivity index is 1.84. The van der Waals surface area contributed by atoms with Crippen molar-refractivity contribution in [3.05, 3.63) is 0 Å². The van der Waals surface area contributed by atoms with Crippen molar-refractivity contribution in [1.29, 1.82) is 0 Å². The average molecular weight is 252 g/mol. The van der Waals surface area contributed by atoms with Crippen LogP contribution in [0.3, 0.4) is 0 Å². The van der Waals surface area contributed by atoms with Gasteiger partial charge in [-0.3, -0.25) is 0 Å². The first kappa shape index (κ1) is 14.3. The molecule has 0 aromatic carbocycles. The lowest BCUT2D eigenvalue weighted by Crippen LogP contribution is -2.43. The second-order valence-electron chi connectivity index (χ2n) is 6.77. The van der Waals surface area contributed by atoms with E-state index in [1.165, 1.54) is 58.3 Å². The fourth-order valence-electron chi connectivity index (χ4n) is 3.75. The normalized spacial score (nSPS) is 32.7. The van der Waals surface area contributed by atoms with E-state index in [9.17, 15) is 0 Å². The van der Waals surface area contributed by atoms with Crippen LogP contribution in [0.1, 0.15) is 52.9 Å². The van der Waals surface area contributed by atoms with E-state index in [0.29, 0.717) is 0 Å². The van der Waals surface area contributed by atoms with Gasteiger partial charge < -0.3 is 10.2 Å². The van der Waals surface area contributed by atoms with Gasteiger partial charge in [-0.2, -0.15) is 0 Å². The van der Waals surface area contributed by atoms with Gasteiger partial charge in [-0.25, -0.2) is 0 Å². The van der Waals surface area contributed by atoms with Crippen molar-refractivity contribution in [3.8, 4) is 0 Å². The Kier molecular flexibility index (Phi) is 5.50. The van der Waals surface area contributed by atoms with Gasteiger partial charge in [0, 0.05) is 6.04 Å². The van der Waals surface area contributed by atoms with E-state index in [1.807, 2.05) is 0 Å². The van der Waals surface area contributed by atoms with Crippen LogP contribution < -0.4 is 5.32 Å². The van der Waals surface area contributed by atoms with Crippen molar-refractivity contribution in [2.75, 3.05) is 26.2 Å². The molecule has 2 heteroatoms. The molecule has 0 bridgehead atoms. The quantitative estimate of drug-likeness (QED) is 0.830. The highest BCUT2D eigenvalue weighted by Gasteiger charge is 2.28. The number of piperidine rings is 1. The number of nitrogens with zero attached hydrogens (tertiary/aromatic N) is 1. The van der Waals surface area contributed by atoms with E-state index < -0.39 is 0 Å². The van der Waals surface area contributed by atoms with Crippen LogP contribution in [-0.4, -0.2) is 37.1 Å². The predicted molar refractivity (Wildman–Crippen MR) is 78.8 cm³/mol. The van der Waals surface area contributed by atoms with Crippen molar-refractivity contribution in [2.45, 2.75) is 58.9 Å². The van der Waals surface area contributed by atoms with Crippen LogP contribution in [0.5, 0.6) is 0 Å².